The summed E-state index contributed by atoms with van der Waals surface area (Å²) < 4.78 is 0. The van der Waals surface area contributed by atoms with Crippen LogP contribution in [0, 0.1) is 20.8 Å². The maximum atomic E-state index is 2.26. The second-order valence-corrected chi connectivity index (χ2v) is 5.82. The molecule has 0 nitrogen and oxygen atoms in total. The molecular formula is C13H18S2. The zero-order valence-electron chi connectivity index (χ0n) is 10.0. The van der Waals surface area contributed by atoms with Crippen molar-refractivity contribution in [3.8, 4) is 9.75 Å². The van der Waals surface area contributed by atoms with Crippen LogP contribution in [0.5, 0.6) is 0 Å². The lowest BCUT2D eigenvalue weighted by atomic mass is 10.2. The number of thiophene rings is 2. The summed E-state index contributed by atoms with van der Waals surface area (Å²) in [6.07, 6.45) is 0. The van der Waals surface area contributed by atoms with E-state index in [-0.39, 0.29) is 0 Å². The van der Waals surface area contributed by atoms with Crippen molar-refractivity contribution in [3.05, 3.63) is 33.5 Å². The van der Waals surface area contributed by atoms with Gasteiger partial charge in [0.15, 0.2) is 0 Å². The summed E-state index contributed by atoms with van der Waals surface area (Å²) in [5.41, 5.74) is 1.41. The molecule has 15 heavy (non-hydrogen) atoms. The van der Waals surface area contributed by atoms with Crippen LogP contribution in [0.2, 0.25) is 0 Å². The molecule has 0 aliphatic heterocycles. The number of aryl methyl sites for hydroxylation is 3. The van der Waals surface area contributed by atoms with Crippen LogP contribution in [-0.2, 0) is 0 Å². The van der Waals surface area contributed by atoms with Crippen molar-refractivity contribution in [1.29, 1.82) is 0 Å². The summed E-state index contributed by atoms with van der Waals surface area (Å²) in [7, 11) is 0. The normalized spacial score (nSPS) is 9.67. The summed E-state index contributed by atoms with van der Waals surface area (Å²) in [6, 6.07) is 6.67. The fraction of sp³-hybridized carbons (Fsp3) is 0.385. The molecule has 0 aromatic carbocycles. The molecule has 2 heteroatoms. The second kappa shape index (κ2) is 5.47. The third-order valence-corrected chi connectivity index (χ3v) is 4.34. The van der Waals surface area contributed by atoms with Crippen molar-refractivity contribution in [2.45, 2.75) is 34.6 Å². The van der Waals surface area contributed by atoms with Crippen molar-refractivity contribution >= 4 is 22.7 Å². The van der Waals surface area contributed by atoms with Gasteiger partial charge in [-0.05, 0) is 44.5 Å². The number of rotatable bonds is 1. The van der Waals surface area contributed by atoms with Crippen molar-refractivity contribution in [2.75, 3.05) is 0 Å². The van der Waals surface area contributed by atoms with Crippen LogP contribution in [0.15, 0.2) is 18.2 Å². The lowest BCUT2D eigenvalue weighted by Crippen LogP contribution is -1.66. The standard InChI is InChI=1S/C11H12S2.C2H6/c1-7-6-9(3)13-11(7)10-5-4-8(2)12-10;1-2/h4-6H,1-3H3;1-2H3. The maximum absolute atomic E-state index is 2.26. The zero-order chi connectivity index (χ0) is 11.4. The van der Waals surface area contributed by atoms with Gasteiger partial charge >= 0.3 is 0 Å². The molecule has 0 atom stereocenters. The zero-order valence-corrected chi connectivity index (χ0v) is 11.7. The van der Waals surface area contributed by atoms with Gasteiger partial charge in [0.1, 0.15) is 0 Å². The van der Waals surface area contributed by atoms with Gasteiger partial charge in [0.2, 0.25) is 0 Å². The lowest BCUT2D eigenvalue weighted by molar-refractivity contribution is 1.50. The molecule has 0 aliphatic rings. The van der Waals surface area contributed by atoms with E-state index >= 15 is 0 Å². The fourth-order valence-electron chi connectivity index (χ4n) is 1.44. The predicted molar refractivity (Wildman–Crippen MR) is 73.2 cm³/mol. The van der Waals surface area contributed by atoms with Crippen molar-refractivity contribution in [3.63, 3.8) is 0 Å². The van der Waals surface area contributed by atoms with Gasteiger partial charge in [0.25, 0.3) is 0 Å². The Morgan fingerprint density at radius 1 is 0.867 bits per heavy atom. The summed E-state index contributed by atoms with van der Waals surface area (Å²) in [5.74, 6) is 0. The predicted octanol–water partition coefficient (Wildman–Crippen LogP) is 5.43. The van der Waals surface area contributed by atoms with Gasteiger partial charge in [-0.15, -0.1) is 22.7 Å². The van der Waals surface area contributed by atoms with E-state index in [1.165, 1.54) is 25.1 Å². The molecule has 0 amide bonds. The van der Waals surface area contributed by atoms with Gasteiger partial charge < -0.3 is 0 Å². The Labute approximate surface area is 101 Å². The monoisotopic (exact) mass is 238 g/mol. The molecule has 2 rings (SSSR count). The molecule has 0 saturated carbocycles. The number of hydrogen-bond donors (Lipinski definition) is 0. The van der Waals surface area contributed by atoms with Gasteiger partial charge in [-0.2, -0.15) is 0 Å². The van der Waals surface area contributed by atoms with Crippen LogP contribution in [0.3, 0.4) is 0 Å². The minimum absolute atomic E-state index is 1.39. The Hall–Kier alpha value is -0.600. The third-order valence-electron chi connectivity index (χ3n) is 2.01. The first-order chi connectivity index (χ1) is 7.16. The molecule has 0 spiro atoms. The molecule has 0 saturated heterocycles. The average Bonchev–Trinajstić information content (AvgIpc) is 2.76. The van der Waals surface area contributed by atoms with Crippen LogP contribution in [0.1, 0.15) is 29.2 Å². The second-order valence-electron chi connectivity index (χ2n) is 3.28. The van der Waals surface area contributed by atoms with Crippen LogP contribution < -0.4 is 0 Å². The highest BCUT2D eigenvalue weighted by Crippen LogP contribution is 2.36. The largest absolute Gasteiger partial charge is 0.140 e. The molecular weight excluding hydrogens is 220 g/mol. The maximum Gasteiger partial charge on any atom is 0.0474 e. The van der Waals surface area contributed by atoms with Gasteiger partial charge in [-0.3, -0.25) is 0 Å². The molecule has 2 aromatic heterocycles. The Morgan fingerprint density at radius 3 is 1.93 bits per heavy atom. The topological polar surface area (TPSA) is 0 Å². The Bertz CT molecular complexity index is 421. The van der Waals surface area contributed by atoms with E-state index in [9.17, 15) is 0 Å². The van der Waals surface area contributed by atoms with Gasteiger partial charge in [-0.25, -0.2) is 0 Å². The SMILES string of the molecule is CC.Cc1ccc(-c2sc(C)cc2C)s1. The Balaban J connectivity index is 0.000000531. The van der Waals surface area contributed by atoms with Crippen LogP contribution in [-0.4, -0.2) is 0 Å². The molecule has 0 bridgehead atoms. The smallest absolute Gasteiger partial charge is 0.0474 e. The van der Waals surface area contributed by atoms with E-state index in [4.69, 9.17) is 0 Å². The molecule has 0 radical (unpaired) electrons. The number of hydrogen-bond acceptors (Lipinski definition) is 2. The van der Waals surface area contributed by atoms with E-state index in [2.05, 4.69) is 39.0 Å². The van der Waals surface area contributed by atoms with Gasteiger partial charge in [0, 0.05) is 19.5 Å². The lowest BCUT2D eigenvalue weighted by Gasteiger charge is -1.92. The Kier molecular flexibility index (Phi) is 4.55. The fourth-order valence-corrected chi connectivity index (χ4v) is 3.51. The van der Waals surface area contributed by atoms with Crippen LogP contribution >= 0.6 is 22.7 Å². The molecule has 82 valence electrons. The summed E-state index contributed by atoms with van der Waals surface area (Å²) in [6.45, 7) is 10.5. The molecule has 0 N–H and O–H groups in total. The van der Waals surface area contributed by atoms with E-state index in [1.54, 1.807) is 0 Å². The molecule has 0 aliphatic carbocycles. The van der Waals surface area contributed by atoms with E-state index in [0.29, 0.717) is 0 Å². The first kappa shape index (κ1) is 12.5. The first-order valence-corrected chi connectivity index (χ1v) is 6.94. The van der Waals surface area contributed by atoms with E-state index in [0.717, 1.165) is 0 Å². The van der Waals surface area contributed by atoms with E-state index in [1.807, 2.05) is 36.5 Å². The molecule has 0 fully saturated rings. The summed E-state index contributed by atoms with van der Waals surface area (Å²) >= 11 is 3.77. The van der Waals surface area contributed by atoms with Crippen LogP contribution in [0.4, 0.5) is 0 Å². The van der Waals surface area contributed by atoms with Crippen LogP contribution in [0.25, 0.3) is 9.75 Å². The Morgan fingerprint density at radius 2 is 1.53 bits per heavy atom. The van der Waals surface area contributed by atoms with Crippen molar-refractivity contribution in [1.82, 2.24) is 0 Å². The highest BCUT2D eigenvalue weighted by Gasteiger charge is 2.06. The first-order valence-electron chi connectivity index (χ1n) is 5.30. The average molecular weight is 238 g/mol. The van der Waals surface area contributed by atoms with Gasteiger partial charge in [0.05, 0.1) is 0 Å². The highest BCUT2D eigenvalue weighted by molar-refractivity contribution is 7.22. The van der Waals surface area contributed by atoms with Gasteiger partial charge in [-0.1, -0.05) is 13.8 Å². The quantitative estimate of drug-likeness (QED) is 0.621. The van der Waals surface area contributed by atoms with Crippen molar-refractivity contribution < 1.29 is 0 Å². The molecule has 2 aromatic rings. The minimum atomic E-state index is 1.39. The highest BCUT2D eigenvalue weighted by atomic mass is 32.1. The van der Waals surface area contributed by atoms with Crippen molar-refractivity contribution in [2.24, 2.45) is 0 Å². The molecule has 0 unspecified atom stereocenters. The third kappa shape index (κ3) is 2.93. The minimum Gasteiger partial charge on any atom is -0.140 e. The summed E-state index contributed by atoms with van der Waals surface area (Å²) in [4.78, 5) is 5.64. The van der Waals surface area contributed by atoms with E-state index < -0.39 is 0 Å². The molecule has 2 heterocycles. The summed E-state index contributed by atoms with van der Waals surface area (Å²) in [5, 5.41) is 0.